The molecule has 2 aliphatic rings. The lowest BCUT2D eigenvalue weighted by Gasteiger charge is -2.46. The third-order valence-electron chi connectivity index (χ3n) is 8.84. The van der Waals surface area contributed by atoms with Gasteiger partial charge < -0.3 is 23.9 Å². The fourth-order valence-electron chi connectivity index (χ4n) is 6.57. The first-order valence-electron chi connectivity index (χ1n) is 14.8. The van der Waals surface area contributed by atoms with Crippen LogP contribution in [0.25, 0.3) is 33.6 Å². The lowest BCUT2D eigenvalue weighted by molar-refractivity contribution is 0.0195. The maximum absolute atomic E-state index is 14.0. The van der Waals surface area contributed by atoms with Gasteiger partial charge in [-0.05, 0) is 89.6 Å². The summed E-state index contributed by atoms with van der Waals surface area (Å²) in [6.07, 6.45) is 4.75. The molecule has 0 radical (unpaired) electrons. The van der Waals surface area contributed by atoms with Crippen molar-refractivity contribution in [3.8, 4) is 17.3 Å². The molecule has 2 atom stereocenters. The first-order chi connectivity index (χ1) is 20.0. The number of fused-ring (bicyclic) bond motifs is 2. The van der Waals surface area contributed by atoms with E-state index in [1.807, 2.05) is 57.6 Å². The zero-order valence-corrected chi connectivity index (χ0v) is 25.3. The number of imidazole rings is 1. The molecule has 0 unspecified atom stereocenters. The summed E-state index contributed by atoms with van der Waals surface area (Å²) in [4.78, 5) is 39.2. The van der Waals surface area contributed by atoms with Gasteiger partial charge in [0.05, 0.1) is 24.4 Å². The first-order valence-corrected chi connectivity index (χ1v) is 14.8. The van der Waals surface area contributed by atoms with Crippen LogP contribution in [0.15, 0.2) is 36.5 Å². The Morgan fingerprint density at radius 2 is 1.90 bits per heavy atom. The van der Waals surface area contributed by atoms with Crippen LogP contribution < -0.4 is 4.74 Å². The Morgan fingerprint density at radius 1 is 1.14 bits per heavy atom. The van der Waals surface area contributed by atoms with Gasteiger partial charge in [0, 0.05) is 48.9 Å². The molecule has 1 saturated carbocycles. The molecule has 10 nitrogen and oxygen atoms in total. The summed E-state index contributed by atoms with van der Waals surface area (Å²) in [7, 11) is 3.59. The van der Waals surface area contributed by atoms with Gasteiger partial charge in [0.15, 0.2) is 5.82 Å². The van der Waals surface area contributed by atoms with Gasteiger partial charge in [0.25, 0.3) is 5.91 Å². The molecule has 4 aromatic rings. The van der Waals surface area contributed by atoms with Crippen molar-refractivity contribution in [2.24, 2.45) is 13.0 Å². The van der Waals surface area contributed by atoms with Gasteiger partial charge >= 0.3 is 6.09 Å². The van der Waals surface area contributed by atoms with E-state index in [1.165, 1.54) is 17.7 Å². The third kappa shape index (κ3) is 4.86. The monoisotopic (exact) mass is 572 g/mol. The van der Waals surface area contributed by atoms with Crippen LogP contribution in [0.5, 0.6) is 5.75 Å². The Balaban J connectivity index is 1.39. The summed E-state index contributed by atoms with van der Waals surface area (Å²) in [6, 6.07) is 9.49. The van der Waals surface area contributed by atoms with E-state index in [0.29, 0.717) is 35.7 Å². The lowest BCUT2D eigenvalue weighted by atomic mass is 9.93. The molecule has 222 valence electrons. The third-order valence-corrected chi connectivity index (χ3v) is 8.84. The number of hydrogen-bond acceptors (Lipinski definition) is 5. The number of piperidine rings is 1. The van der Waals surface area contributed by atoms with Gasteiger partial charge in [-0.25, -0.2) is 14.8 Å². The maximum Gasteiger partial charge on any atom is 0.408 e. The van der Waals surface area contributed by atoms with E-state index in [2.05, 4.69) is 21.7 Å². The lowest BCUT2D eigenvalue weighted by Crippen LogP contribution is -2.59. The van der Waals surface area contributed by atoms with Crippen molar-refractivity contribution in [2.75, 3.05) is 13.7 Å². The van der Waals surface area contributed by atoms with Crippen LogP contribution in [0.3, 0.4) is 0 Å². The average molecular weight is 573 g/mol. The predicted octanol–water partition coefficient (Wildman–Crippen LogP) is 5.78. The molecule has 3 aromatic heterocycles. The number of carbonyl (C=O) groups excluding carboxylic acids is 1. The number of aryl methyl sites for hydroxylation is 1. The topological polar surface area (TPSA) is 106 Å². The van der Waals surface area contributed by atoms with Crippen molar-refractivity contribution in [1.29, 1.82) is 0 Å². The highest BCUT2D eigenvalue weighted by Crippen LogP contribution is 2.38. The number of ether oxygens (including phenoxy) is 1. The number of benzene rings is 1. The Labute approximate surface area is 245 Å². The zero-order chi connectivity index (χ0) is 29.9. The van der Waals surface area contributed by atoms with Crippen LogP contribution in [0, 0.1) is 5.92 Å². The fraction of sp³-hybridized carbons (Fsp3) is 0.500. The first kappa shape index (κ1) is 28.1. The fourth-order valence-corrected chi connectivity index (χ4v) is 6.57. The Hall–Kier alpha value is -4.08. The van der Waals surface area contributed by atoms with Crippen LogP contribution >= 0.6 is 0 Å². The molecule has 1 aliphatic heterocycles. The van der Waals surface area contributed by atoms with E-state index in [0.717, 1.165) is 41.0 Å². The number of aromatic nitrogens is 4. The van der Waals surface area contributed by atoms with Crippen molar-refractivity contribution >= 4 is 34.1 Å². The second kappa shape index (κ2) is 10.3. The molecule has 6 rings (SSSR count). The van der Waals surface area contributed by atoms with E-state index >= 15 is 0 Å². The van der Waals surface area contributed by atoms with E-state index in [4.69, 9.17) is 9.72 Å². The Bertz CT molecular complexity index is 1680. The van der Waals surface area contributed by atoms with Gasteiger partial charge in [0.1, 0.15) is 16.9 Å². The number of methoxy groups -OCH3 is 1. The van der Waals surface area contributed by atoms with Crippen molar-refractivity contribution in [3.05, 3.63) is 42.1 Å². The summed E-state index contributed by atoms with van der Waals surface area (Å²) in [5.41, 5.74) is 3.34. The average Bonchev–Trinajstić information content (AvgIpc) is 3.61. The Kier molecular flexibility index (Phi) is 6.90. The van der Waals surface area contributed by atoms with Crippen LogP contribution in [0.2, 0.25) is 0 Å². The van der Waals surface area contributed by atoms with Crippen LogP contribution in [0.1, 0.15) is 63.7 Å². The second-order valence-electron chi connectivity index (χ2n) is 12.9. The number of rotatable bonds is 6. The molecule has 1 N–H and O–H groups in total. The molecule has 1 aromatic carbocycles. The molecule has 42 heavy (non-hydrogen) atoms. The highest BCUT2D eigenvalue weighted by molar-refractivity contribution is 6.00. The van der Waals surface area contributed by atoms with Gasteiger partial charge in [0.2, 0.25) is 0 Å². The van der Waals surface area contributed by atoms with E-state index in [9.17, 15) is 14.7 Å². The highest BCUT2D eigenvalue weighted by Gasteiger charge is 2.39. The van der Waals surface area contributed by atoms with E-state index < -0.39 is 11.6 Å². The molecule has 0 bridgehead atoms. The number of amides is 2. The summed E-state index contributed by atoms with van der Waals surface area (Å²) in [5.74, 6) is 1.87. The summed E-state index contributed by atoms with van der Waals surface area (Å²) in [5, 5.41) is 11.1. The number of nitrogens with zero attached hydrogens (tertiary/aromatic N) is 6. The maximum atomic E-state index is 14.0. The van der Waals surface area contributed by atoms with E-state index in [1.54, 1.807) is 18.1 Å². The van der Waals surface area contributed by atoms with Crippen LogP contribution in [-0.2, 0) is 13.6 Å². The zero-order valence-electron chi connectivity index (χ0n) is 25.3. The minimum atomic E-state index is -0.965. The number of carboxylic acid groups (broad SMARTS) is 1. The van der Waals surface area contributed by atoms with Crippen molar-refractivity contribution in [1.82, 2.24) is 28.9 Å². The molecular weight excluding hydrogens is 532 g/mol. The molecule has 10 heteroatoms. The van der Waals surface area contributed by atoms with Gasteiger partial charge in [-0.1, -0.05) is 0 Å². The SMILES string of the molecule is COc1cc(C(=O)N2C[C@@H](N(C(=O)O)C(C)(C)C)CC[C@H]2C)cc2nc(-c3cc4cccnc4n3CC3CC3)n(C)c12. The minimum absolute atomic E-state index is 0.0176. The summed E-state index contributed by atoms with van der Waals surface area (Å²) in [6.45, 7) is 8.94. The van der Waals surface area contributed by atoms with Crippen molar-refractivity contribution < 1.29 is 19.4 Å². The molecule has 0 spiro atoms. The van der Waals surface area contributed by atoms with Crippen molar-refractivity contribution in [2.45, 2.75) is 77.5 Å². The van der Waals surface area contributed by atoms with Gasteiger partial charge in [-0.15, -0.1) is 0 Å². The van der Waals surface area contributed by atoms with E-state index in [-0.39, 0.29) is 18.0 Å². The molecule has 1 aliphatic carbocycles. The Morgan fingerprint density at radius 3 is 2.57 bits per heavy atom. The van der Waals surface area contributed by atoms with Crippen LogP contribution in [0.4, 0.5) is 4.79 Å². The van der Waals surface area contributed by atoms with Crippen LogP contribution in [-0.4, -0.2) is 77.3 Å². The van der Waals surface area contributed by atoms with Gasteiger partial charge in [-0.3, -0.25) is 9.69 Å². The number of carbonyl (C=O) groups is 2. The number of pyridine rings is 1. The smallest absolute Gasteiger partial charge is 0.408 e. The summed E-state index contributed by atoms with van der Waals surface area (Å²) < 4.78 is 10.1. The summed E-state index contributed by atoms with van der Waals surface area (Å²) >= 11 is 0. The molecule has 2 amide bonds. The second-order valence-corrected chi connectivity index (χ2v) is 12.9. The number of hydrogen-bond donors (Lipinski definition) is 1. The standard InChI is InChI=1S/C32H40N6O4/c1-19-9-12-23(38(31(40)41)32(2,3)4)18-36(19)30(39)22-14-24-27(26(16-22)42-6)35(5)29(34-24)25-15-21-8-7-13-33-28(21)37(25)17-20-10-11-20/h7-8,13-16,19-20,23H,9-12,17-18H2,1-6H3,(H,40,41)/t19-,23+/m1/s1. The van der Waals surface area contributed by atoms with Crippen molar-refractivity contribution in [3.63, 3.8) is 0 Å². The minimum Gasteiger partial charge on any atom is -0.494 e. The largest absolute Gasteiger partial charge is 0.494 e. The molecule has 4 heterocycles. The molecular formula is C32H40N6O4. The highest BCUT2D eigenvalue weighted by atomic mass is 16.5. The number of likely N-dealkylation sites (tertiary alicyclic amines) is 1. The quantitative estimate of drug-likeness (QED) is 0.314. The normalized spacial score (nSPS) is 19.4. The molecule has 1 saturated heterocycles. The van der Waals surface area contributed by atoms with Gasteiger partial charge in [-0.2, -0.15) is 0 Å². The predicted molar refractivity (Wildman–Crippen MR) is 162 cm³/mol. The molecule has 2 fully saturated rings.